The first-order valence-electron chi connectivity index (χ1n) is 30.0. The van der Waals surface area contributed by atoms with Gasteiger partial charge in [-0.2, -0.15) is 15.8 Å². The van der Waals surface area contributed by atoms with Crippen molar-refractivity contribution in [3.8, 4) is 69.2 Å². The van der Waals surface area contributed by atoms with Crippen LogP contribution in [-0.4, -0.2) is 122 Å². The van der Waals surface area contributed by atoms with E-state index in [2.05, 4.69) is 32.2 Å². The third-order valence-electron chi connectivity index (χ3n) is 16.4. The van der Waals surface area contributed by atoms with E-state index in [0.717, 1.165) is 110 Å². The summed E-state index contributed by atoms with van der Waals surface area (Å²) in [5.74, 6) is 2.45. The zero-order chi connectivity index (χ0) is 65.2. The van der Waals surface area contributed by atoms with Crippen molar-refractivity contribution in [1.82, 2.24) is 18.6 Å². The second-order valence-corrected chi connectivity index (χ2v) is 28.1. The molecule has 0 saturated carbocycles. The van der Waals surface area contributed by atoms with Crippen LogP contribution in [0.15, 0.2) is 127 Å². The molecule has 1 fully saturated rings. The molecule has 6 aromatic carbocycles. The minimum atomic E-state index is -3.41. The van der Waals surface area contributed by atoms with Crippen LogP contribution in [0.5, 0.6) is 17.2 Å². The molecule has 22 heteroatoms. The maximum Gasteiger partial charge on any atom is 0.236 e. The summed E-state index contributed by atoms with van der Waals surface area (Å²) in [5, 5.41) is 32.2. The van der Waals surface area contributed by atoms with E-state index in [1.807, 2.05) is 142 Å². The summed E-state index contributed by atoms with van der Waals surface area (Å²) in [5.41, 5.74) is 11.4. The van der Waals surface area contributed by atoms with Crippen molar-refractivity contribution < 1.29 is 39.5 Å². The standard InChI is InChI=1S/C25H30N4O3S.C22H25N3O3S.C21H23N3O3S/c1-4-29-24-17-21(32-3)11-12-22(24)23(18-26)25(29)19-7-9-20(10-8-19)27(2)33(30,31)16-15-28-13-5-6-14-28;1-5-25-21-14-18(28-6-2)12-13-19(21)20(15-23)22(25)16-8-10-17(11-9-16)24(4)29(26,27)7-3;1-5-27-17-11-12-18-19(14-22)21(23(3)20(18)13-17)15-7-9-16(10-8-15)24(4)28(25,26)6-2/h7-12,17H,4-6,13-16H2,1-3H3;8-14H,5-7H2,1-4H3;7-13H,5-6H2,1-4H3. The molecule has 1 aliphatic rings. The van der Waals surface area contributed by atoms with Crippen LogP contribution in [0.1, 0.15) is 71.1 Å². The number of hydrogen-bond acceptors (Lipinski definition) is 13. The van der Waals surface area contributed by atoms with Crippen molar-refractivity contribution in [3.63, 3.8) is 0 Å². The van der Waals surface area contributed by atoms with Gasteiger partial charge in [-0.1, -0.05) is 36.4 Å². The number of anilines is 3. The average Bonchev–Trinajstić information content (AvgIpc) is 1.65. The van der Waals surface area contributed by atoms with Crippen LogP contribution in [0.4, 0.5) is 17.1 Å². The Labute approximate surface area is 529 Å². The molecule has 0 unspecified atom stereocenters. The Morgan fingerprint density at radius 2 is 0.811 bits per heavy atom. The number of fused-ring (bicyclic) bond motifs is 3. The molecule has 472 valence electrons. The quantitative estimate of drug-likeness (QED) is 0.0652. The van der Waals surface area contributed by atoms with Gasteiger partial charge in [0, 0.05) is 82.2 Å². The van der Waals surface area contributed by atoms with E-state index in [0.29, 0.717) is 66.6 Å². The molecule has 90 heavy (non-hydrogen) atoms. The number of sulfonamides is 3. The SMILES string of the molecule is CCOc1ccc2c(C#N)c(-c3ccc(N(C)S(=O)(=O)CC)cc3)n(C)c2c1.CCOc1ccc2c(C#N)c(-c3ccc(N(C)S(=O)(=O)CC)cc3)n(CC)c2c1.CCn1c(-c2ccc(N(C)S(=O)(=O)CCN3CCCC3)cc2)c(C#N)c2ccc(OC)cc21. The summed E-state index contributed by atoms with van der Waals surface area (Å²) in [6.07, 6.45) is 2.28. The van der Waals surface area contributed by atoms with Gasteiger partial charge in [0.1, 0.15) is 35.5 Å². The third-order valence-corrected chi connectivity index (χ3v) is 21.7. The molecule has 0 amide bonds. The molecule has 9 aromatic rings. The number of nitriles is 3. The predicted octanol–water partition coefficient (Wildman–Crippen LogP) is 12.4. The maximum atomic E-state index is 12.9. The van der Waals surface area contributed by atoms with E-state index in [1.165, 1.54) is 12.9 Å². The molecule has 1 aliphatic heterocycles. The van der Waals surface area contributed by atoms with Crippen LogP contribution in [0.25, 0.3) is 66.5 Å². The minimum absolute atomic E-state index is 0.0369. The Morgan fingerprint density at radius 3 is 1.18 bits per heavy atom. The molecule has 10 rings (SSSR count). The van der Waals surface area contributed by atoms with Crippen LogP contribution >= 0.6 is 0 Å². The lowest BCUT2D eigenvalue weighted by molar-refractivity contribution is 0.340. The summed E-state index contributed by atoms with van der Waals surface area (Å²) >= 11 is 0. The summed E-state index contributed by atoms with van der Waals surface area (Å²) in [6, 6.07) is 46.1. The zero-order valence-corrected chi connectivity index (χ0v) is 55.4. The van der Waals surface area contributed by atoms with Crippen molar-refractivity contribution in [1.29, 1.82) is 15.8 Å². The summed E-state index contributed by atoms with van der Waals surface area (Å²) in [6.45, 7) is 16.2. The van der Waals surface area contributed by atoms with E-state index in [1.54, 1.807) is 66.4 Å². The van der Waals surface area contributed by atoms with E-state index in [-0.39, 0.29) is 17.3 Å². The van der Waals surface area contributed by atoms with Gasteiger partial charge in [-0.15, -0.1) is 0 Å². The molecule has 0 bridgehead atoms. The summed E-state index contributed by atoms with van der Waals surface area (Å²) < 4.78 is 101. The van der Waals surface area contributed by atoms with Gasteiger partial charge < -0.3 is 32.8 Å². The number of nitrogens with zero attached hydrogens (tertiary/aromatic N) is 10. The third kappa shape index (κ3) is 13.8. The van der Waals surface area contributed by atoms with Crippen LogP contribution in [0.3, 0.4) is 0 Å². The average molecular weight is 1280 g/mol. The number of rotatable bonds is 21. The lowest BCUT2D eigenvalue weighted by Crippen LogP contribution is -2.34. The van der Waals surface area contributed by atoms with Crippen molar-refractivity contribution >= 4 is 79.8 Å². The highest BCUT2D eigenvalue weighted by Gasteiger charge is 2.26. The van der Waals surface area contributed by atoms with Crippen molar-refractivity contribution in [3.05, 3.63) is 144 Å². The Hall–Kier alpha value is -8.98. The summed E-state index contributed by atoms with van der Waals surface area (Å²) in [4.78, 5) is 2.20. The van der Waals surface area contributed by atoms with Gasteiger partial charge in [-0.05, 0) is 157 Å². The topological polar surface area (TPSA) is 229 Å². The zero-order valence-electron chi connectivity index (χ0n) is 53.0. The second kappa shape index (κ2) is 28.7. The van der Waals surface area contributed by atoms with Crippen molar-refractivity contribution in [2.24, 2.45) is 7.05 Å². The lowest BCUT2D eigenvalue weighted by Gasteiger charge is -2.22. The van der Waals surface area contributed by atoms with Crippen LogP contribution in [0, 0.1) is 34.0 Å². The van der Waals surface area contributed by atoms with Crippen LogP contribution in [0.2, 0.25) is 0 Å². The molecule has 0 spiro atoms. The van der Waals surface area contributed by atoms with Gasteiger partial charge in [0.05, 0.1) is 105 Å². The summed E-state index contributed by atoms with van der Waals surface area (Å²) in [7, 11) is -1.82. The lowest BCUT2D eigenvalue weighted by atomic mass is 10.1. The van der Waals surface area contributed by atoms with E-state index in [9.17, 15) is 41.0 Å². The highest BCUT2D eigenvalue weighted by molar-refractivity contribution is 7.93. The van der Waals surface area contributed by atoms with E-state index < -0.39 is 30.1 Å². The molecular weight excluding hydrogens is 1200 g/mol. The Kier molecular flexibility index (Phi) is 21.3. The smallest absolute Gasteiger partial charge is 0.236 e. The molecule has 0 atom stereocenters. The highest BCUT2D eigenvalue weighted by atomic mass is 32.2. The predicted molar refractivity (Wildman–Crippen MR) is 361 cm³/mol. The monoisotopic (exact) mass is 1270 g/mol. The Balaban J connectivity index is 0.000000175. The van der Waals surface area contributed by atoms with Gasteiger partial charge in [0.25, 0.3) is 0 Å². The van der Waals surface area contributed by atoms with Gasteiger partial charge in [0.2, 0.25) is 30.1 Å². The molecule has 19 nitrogen and oxygen atoms in total. The van der Waals surface area contributed by atoms with E-state index in [4.69, 9.17) is 14.2 Å². The Morgan fingerprint density at radius 1 is 0.467 bits per heavy atom. The first-order chi connectivity index (χ1) is 43.1. The number of likely N-dealkylation sites (tertiary alicyclic amines) is 1. The maximum absolute atomic E-state index is 12.9. The largest absolute Gasteiger partial charge is 0.497 e. The highest BCUT2D eigenvalue weighted by Crippen LogP contribution is 2.39. The van der Waals surface area contributed by atoms with Crippen LogP contribution in [-0.2, 0) is 50.2 Å². The van der Waals surface area contributed by atoms with Gasteiger partial charge >= 0.3 is 0 Å². The first kappa shape index (κ1) is 67.0. The molecule has 0 aliphatic carbocycles. The normalized spacial score (nSPS) is 12.5. The number of methoxy groups -OCH3 is 1. The van der Waals surface area contributed by atoms with Crippen LogP contribution < -0.4 is 27.1 Å². The van der Waals surface area contributed by atoms with E-state index >= 15 is 0 Å². The fourth-order valence-corrected chi connectivity index (χ4v) is 14.3. The molecule has 4 heterocycles. The number of aromatic nitrogens is 3. The fraction of sp³-hybridized carbons (Fsp3) is 0.338. The molecule has 3 aromatic heterocycles. The number of aryl methyl sites for hydroxylation is 3. The Bertz CT molecular complexity index is 4530. The first-order valence-corrected chi connectivity index (χ1v) is 34.8. The second-order valence-electron chi connectivity index (χ2n) is 21.4. The van der Waals surface area contributed by atoms with Crippen molar-refractivity contribution in [2.75, 3.05) is 91.3 Å². The fourth-order valence-electron chi connectivity index (χ4n) is 11.4. The number of hydrogen-bond donors (Lipinski definition) is 0. The van der Waals surface area contributed by atoms with Crippen molar-refractivity contribution in [2.45, 2.75) is 67.5 Å². The molecule has 0 radical (unpaired) electrons. The van der Waals surface area contributed by atoms with Gasteiger partial charge in [-0.3, -0.25) is 12.9 Å². The molecule has 1 saturated heterocycles. The number of benzene rings is 6. The number of ether oxygens (including phenoxy) is 3. The minimum Gasteiger partial charge on any atom is -0.497 e. The molecular formula is C68H78N10O9S3. The molecule has 0 N–H and O–H groups in total. The van der Waals surface area contributed by atoms with Gasteiger partial charge in [-0.25, -0.2) is 25.3 Å². The van der Waals surface area contributed by atoms with Gasteiger partial charge in [0.15, 0.2) is 0 Å².